The Bertz CT molecular complexity index is 609. The van der Waals surface area contributed by atoms with E-state index in [4.69, 9.17) is 18.9 Å². The number of allylic oxidation sites excluding steroid dienone is 2. The van der Waals surface area contributed by atoms with Gasteiger partial charge in [0.15, 0.2) is 36.2 Å². The standard InChI is InChI=1S/C18H22O6/c1-4-12(19)21-15-14(22-17-16(15)23-18(2,3)24-17)13(20)11-8-9-5-6-10(11)7-9/h4-6,9-11,14-17H,1,7-8H2,2-3H3/t9-,10+,11-,14+,15-,16+,17+/m0/s1. The largest absolute Gasteiger partial charge is 0.453 e. The molecule has 0 amide bonds. The summed E-state index contributed by atoms with van der Waals surface area (Å²) < 4.78 is 22.7. The van der Waals surface area contributed by atoms with Crippen LogP contribution in [-0.4, -0.2) is 42.1 Å². The summed E-state index contributed by atoms with van der Waals surface area (Å²) in [6.07, 6.45) is 4.28. The topological polar surface area (TPSA) is 71.1 Å². The zero-order valence-corrected chi connectivity index (χ0v) is 13.8. The number of ketones is 1. The molecule has 3 fully saturated rings. The van der Waals surface area contributed by atoms with Crippen LogP contribution in [0.25, 0.3) is 0 Å². The lowest BCUT2D eigenvalue weighted by Crippen LogP contribution is -2.44. The fourth-order valence-electron chi connectivity index (χ4n) is 4.34. The number of esters is 1. The summed E-state index contributed by atoms with van der Waals surface area (Å²) in [7, 11) is 0. The Morgan fingerprint density at radius 3 is 2.67 bits per heavy atom. The van der Waals surface area contributed by atoms with Gasteiger partial charge in [-0.3, -0.25) is 4.79 Å². The Morgan fingerprint density at radius 1 is 1.25 bits per heavy atom. The fourth-order valence-corrected chi connectivity index (χ4v) is 4.34. The Kier molecular flexibility index (Phi) is 3.67. The van der Waals surface area contributed by atoms with Crippen LogP contribution in [-0.2, 0) is 28.5 Å². The van der Waals surface area contributed by atoms with Crippen molar-refractivity contribution in [2.45, 2.75) is 57.1 Å². The lowest BCUT2D eigenvalue weighted by molar-refractivity contribution is -0.218. The zero-order chi connectivity index (χ0) is 17.1. The quantitative estimate of drug-likeness (QED) is 0.443. The third kappa shape index (κ3) is 2.53. The average Bonchev–Trinajstić information content (AvgIpc) is 3.27. The third-order valence-electron chi connectivity index (χ3n) is 5.33. The lowest BCUT2D eigenvalue weighted by atomic mass is 9.86. The van der Waals surface area contributed by atoms with Gasteiger partial charge in [-0.15, -0.1) is 0 Å². The monoisotopic (exact) mass is 334 g/mol. The summed E-state index contributed by atoms with van der Waals surface area (Å²) in [6.45, 7) is 6.94. The van der Waals surface area contributed by atoms with Crippen molar-refractivity contribution in [3.05, 3.63) is 24.8 Å². The van der Waals surface area contributed by atoms with Gasteiger partial charge in [0.2, 0.25) is 0 Å². The second kappa shape index (κ2) is 5.51. The van der Waals surface area contributed by atoms with Gasteiger partial charge in [0.25, 0.3) is 0 Å². The van der Waals surface area contributed by atoms with Crippen molar-refractivity contribution in [1.29, 1.82) is 0 Å². The maximum absolute atomic E-state index is 13.0. The predicted molar refractivity (Wildman–Crippen MR) is 82.6 cm³/mol. The third-order valence-corrected chi connectivity index (χ3v) is 5.33. The molecule has 2 saturated heterocycles. The molecule has 0 radical (unpaired) electrons. The average molecular weight is 334 g/mol. The van der Waals surface area contributed by atoms with Gasteiger partial charge < -0.3 is 18.9 Å². The van der Waals surface area contributed by atoms with E-state index in [-0.39, 0.29) is 17.6 Å². The van der Waals surface area contributed by atoms with Crippen molar-refractivity contribution < 1.29 is 28.5 Å². The smallest absolute Gasteiger partial charge is 0.330 e. The van der Waals surface area contributed by atoms with Crippen LogP contribution in [0.15, 0.2) is 24.8 Å². The number of hydrogen-bond donors (Lipinski definition) is 0. The molecule has 0 spiro atoms. The van der Waals surface area contributed by atoms with E-state index >= 15 is 0 Å². The van der Waals surface area contributed by atoms with Crippen molar-refractivity contribution in [1.82, 2.24) is 0 Å². The molecule has 0 unspecified atom stereocenters. The number of fused-ring (bicyclic) bond motifs is 3. The molecule has 0 aromatic rings. The van der Waals surface area contributed by atoms with E-state index in [1.165, 1.54) is 0 Å². The van der Waals surface area contributed by atoms with E-state index < -0.39 is 36.4 Å². The number of carbonyl (C=O) groups excluding carboxylic acids is 2. The first kappa shape index (κ1) is 16.0. The Hall–Kier alpha value is -1.50. The van der Waals surface area contributed by atoms with Crippen LogP contribution in [0.5, 0.6) is 0 Å². The molecular formula is C18H22O6. The van der Waals surface area contributed by atoms with Gasteiger partial charge in [-0.2, -0.15) is 0 Å². The van der Waals surface area contributed by atoms with E-state index in [0.29, 0.717) is 5.92 Å². The first-order chi connectivity index (χ1) is 11.4. The molecule has 7 atom stereocenters. The van der Waals surface area contributed by atoms with E-state index in [1.54, 1.807) is 13.8 Å². The second-order valence-electron chi connectivity index (χ2n) is 7.42. The molecule has 2 bridgehead atoms. The molecule has 2 heterocycles. The molecule has 2 aliphatic carbocycles. The van der Waals surface area contributed by atoms with Crippen LogP contribution in [0.2, 0.25) is 0 Å². The normalized spacial score (nSPS) is 44.5. The van der Waals surface area contributed by atoms with Crippen molar-refractivity contribution in [2.75, 3.05) is 0 Å². The lowest BCUT2D eigenvalue weighted by Gasteiger charge is -2.27. The number of Topliss-reactive ketones (excluding diaryl/α,β-unsaturated/α-hetero) is 1. The Balaban J connectivity index is 1.55. The van der Waals surface area contributed by atoms with Crippen molar-refractivity contribution in [3.8, 4) is 0 Å². The highest BCUT2D eigenvalue weighted by molar-refractivity contribution is 5.88. The number of carbonyl (C=O) groups is 2. The number of ether oxygens (including phenoxy) is 4. The van der Waals surface area contributed by atoms with Crippen LogP contribution in [0, 0.1) is 17.8 Å². The molecule has 6 nitrogen and oxygen atoms in total. The minimum atomic E-state index is -0.849. The second-order valence-corrected chi connectivity index (χ2v) is 7.42. The summed E-state index contributed by atoms with van der Waals surface area (Å²) >= 11 is 0. The molecule has 2 aliphatic heterocycles. The van der Waals surface area contributed by atoms with Crippen molar-refractivity contribution in [3.63, 3.8) is 0 Å². The summed E-state index contributed by atoms with van der Waals surface area (Å²) in [5.74, 6) is -0.790. The Labute approximate surface area is 140 Å². The van der Waals surface area contributed by atoms with E-state index in [0.717, 1.165) is 18.9 Å². The van der Waals surface area contributed by atoms with Crippen molar-refractivity contribution in [2.24, 2.45) is 17.8 Å². The first-order valence-electron chi connectivity index (χ1n) is 8.44. The predicted octanol–water partition coefficient (Wildman–Crippen LogP) is 1.74. The van der Waals surface area contributed by atoms with Crippen LogP contribution in [0.1, 0.15) is 26.7 Å². The summed E-state index contributed by atoms with van der Waals surface area (Å²) in [5.41, 5.74) is 0. The summed E-state index contributed by atoms with van der Waals surface area (Å²) in [4.78, 5) is 24.7. The number of hydrogen-bond acceptors (Lipinski definition) is 6. The molecular weight excluding hydrogens is 312 g/mol. The van der Waals surface area contributed by atoms with E-state index in [9.17, 15) is 9.59 Å². The summed E-state index contributed by atoms with van der Waals surface area (Å²) in [5, 5.41) is 0. The highest BCUT2D eigenvalue weighted by atomic mass is 16.8. The maximum Gasteiger partial charge on any atom is 0.330 e. The number of rotatable bonds is 4. The van der Waals surface area contributed by atoms with Gasteiger partial charge in [-0.05, 0) is 38.5 Å². The van der Waals surface area contributed by atoms with Gasteiger partial charge in [-0.25, -0.2) is 4.79 Å². The first-order valence-corrected chi connectivity index (χ1v) is 8.44. The van der Waals surface area contributed by atoms with E-state index in [1.807, 2.05) is 0 Å². The summed E-state index contributed by atoms with van der Waals surface area (Å²) in [6, 6.07) is 0. The molecule has 1 saturated carbocycles. The maximum atomic E-state index is 13.0. The minimum absolute atomic E-state index is 0.0203. The van der Waals surface area contributed by atoms with Crippen LogP contribution >= 0.6 is 0 Å². The van der Waals surface area contributed by atoms with Crippen LogP contribution in [0.3, 0.4) is 0 Å². The van der Waals surface area contributed by atoms with Crippen LogP contribution in [0.4, 0.5) is 0 Å². The molecule has 24 heavy (non-hydrogen) atoms. The van der Waals surface area contributed by atoms with E-state index in [2.05, 4.69) is 18.7 Å². The molecule has 6 heteroatoms. The molecule has 4 aliphatic rings. The molecule has 0 aromatic carbocycles. The molecule has 130 valence electrons. The highest BCUT2D eigenvalue weighted by Gasteiger charge is 2.60. The van der Waals surface area contributed by atoms with Gasteiger partial charge in [-0.1, -0.05) is 18.7 Å². The fraction of sp³-hybridized carbons (Fsp3) is 0.667. The van der Waals surface area contributed by atoms with Crippen LogP contribution < -0.4 is 0 Å². The van der Waals surface area contributed by atoms with Gasteiger partial charge in [0, 0.05) is 12.0 Å². The molecule has 4 rings (SSSR count). The zero-order valence-electron chi connectivity index (χ0n) is 13.8. The highest BCUT2D eigenvalue weighted by Crippen LogP contribution is 2.47. The Morgan fingerprint density at radius 2 is 2.04 bits per heavy atom. The van der Waals surface area contributed by atoms with Gasteiger partial charge in [0.05, 0.1) is 0 Å². The molecule has 0 N–H and O–H groups in total. The minimum Gasteiger partial charge on any atom is -0.453 e. The van der Waals surface area contributed by atoms with Crippen molar-refractivity contribution >= 4 is 11.8 Å². The van der Waals surface area contributed by atoms with Gasteiger partial charge >= 0.3 is 5.97 Å². The molecule has 0 aromatic heterocycles. The SMILES string of the molecule is C=CC(=O)O[C@@H]1[C@H]2OC(C)(C)O[C@H]2O[C@@H]1C(=O)[C@H]1C[C@H]2C=C[C@@H]1C2. The van der Waals surface area contributed by atoms with Gasteiger partial charge in [0.1, 0.15) is 0 Å².